The van der Waals surface area contributed by atoms with E-state index in [-0.39, 0.29) is 5.56 Å². The molecule has 5 heteroatoms. The molecule has 2 unspecified atom stereocenters. The Kier molecular flexibility index (Phi) is 3.82. The van der Waals surface area contributed by atoms with E-state index in [1.54, 1.807) is 6.07 Å². The number of rotatable bonds is 2. The van der Waals surface area contributed by atoms with Crippen molar-refractivity contribution >= 4 is 0 Å². The van der Waals surface area contributed by atoms with Crippen molar-refractivity contribution in [1.29, 1.82) is 0 Å². The average Bonchev–Trinajstić information content (AvgIpc) is 2.64. The van der Waals surface area contributed by atoms with Crippen LogP contribution in [0, 0.1) is 0 Å². The Balaban J connectivity index is 2.40. The number of hydrogen-bond donors (Lipinski definition) is 0. The van der Waals surface area contributed by atoms with Crippen molar-refractivity contribution in [2.45, 2.75) is 18.3 Å². The topological polar surface area (TPSA) is 0 Å². The molecule has 2 aromatic rings. The van der Waals surface area contributed by atoms with Crippen molar-refractivity contribution in [3.8, 4) is 0 Å². The van der Waals surface area contributed by atoms with Crippen molar-refractivity contribution in [2.75, 3.05) is 0 Å². The maximum Gasteiger partial charge on any atom is 0.231 e. The van der Waals surface area contributed by atoms with Crippen LogP contribution in [0.4, 0.5) is 22.0 Å². The van der Waals surface area contributed by atoms with E-state index in [1.165, 1.54) is 42.5 Å². The van der Waals surface area contributed by atoms with E-state index in [1.807, 2.05) is 0 Å². The first kappa shape index (κ1) is 16.4. The molecule has 0 bridgehead atoms. The number of allylic oxidation sites excluding steroid dienone is 4. The third kappa shape index (κ3) is 1.97. The number of alkyl halides is 2. The second-order valence-corrected chi connectivity index (χ2v) is 5.62. The van der Waals surface area contributed by atoms with E-state index >= 15 is 8.78 Å². The lowest BCUT2D eigenvalue weighted by atomic mass is 9.68. The number of hydrogen-bond acceptors (Lipinski definition) is 0. The van der Waals surface area contributed by atoms with Crippen molar-refractivity contribution in [3.05, 3.63) is 94.8 Å². The summed E-state index contributed by atoms with van der Waals surface area (Å²) in [6.45, 7) is 0.922. The number of benzene rings is 2. The summed E-state index contributed by atoms with van der Waals surface area (Å²) in [5, 5.41) is 0. The van der Waals surface area contributed by atoms with Crippen molar-refractivity contribution < 1.29 is 22.0 Å². The van der Waals surface area contributed by atoms with Crippen LogP contribution in [0.1, 0.15) is 18.1 Å². The molecule has 0 radical (unpaired) electrons. The Morgan fingerprint density at radius 2 is 1.04 bits per heavy atom. The summed E-state index contributed by atoms with van der Waals surface area (Å²) in [5.74, 6) is -5.84. The van der Waals surface area contributed by atoms with E-state index in [4.69, 9.17) is 0 Å². The predicted octanol–water partition coefficient (Wildman–Crippen LogP) is 6.12. The van der Waals surface area contributed by atoms with Gasteiger partial charge in [0.25, 0.3) is 0 Å². The fourth-order valence-electron chi connectivity index (χ4n) is 3.05. The summed E-state index contributed by atoms with van der Waals surface area (Å²) in [7, 11) is 0. The zero-order valence-electron chi connectivity index (χ0n) is 12.7. The molecular weight excluding hydrogens is 323 g/mol. The van der Waals surface area contributed by atoms with Gasteiger partial charge < -0.3 is 0 Å². The van der Waals surface area contributed by atoms with Gasteiger partial charge in [0.05, 0.1) is 0 Å². The molecule has 0 amide bonds. The molecule has 24 heavy (non-hydrogen) atoms. The van der Waals surface area contributed by atoms with Gasteiger partial charge in [-0.2, -0.15) is 0 Å². The van der Waals surface area contributed by atoms with Gasteiger partial charge in [0.2, 0.25) is 11.3 Å². The lowest BCUT2D eigenvalue weighted by Crippen LogP contribution is -2.47. The van der Waals surface area contributed by atoms with Gasteiger partial charge >= 0.3 is 0 Å². The van der Waals surface area contributed by atoms with Crippen LogP contribution in [-0.2, 0) is 11.3 Å². The van der Waals surface area contributed by atoms with E-state index in [0.717, 1.165) is 19.1 Å². The van der Waals surface area contributed by atoms with Crippen LogP contribution in [-0.4, -0.2) is 0 Å². The Bertz CT molecular complexity index is 754. The second-order valence-electron chi connectivity index (χ2n) is 5.62. The molecule has 1 aliphatic rings. The van der Waals surface area contributed by atoms with Crippen LogP contribution in [0.5, 0.6) is 0 Å². The highest BCUT2D eigenvalue weighted by Crippen LogP contribution is 2.60. The molecule has 0 nitrogen and oxygen atoms in total. The Morgan fingerprint density at radius 1 is 0.625 bits per heavy atom. The first-order valence-corrected chi connectivity index (χ1v) is 7.27. The average molecular weight is 336 g/mol. The zero-order valence-corrected chi connectivity index (χ0v) is 12.7. The monoisotopic (exact) mass is 336 g/mol. The predicted molar refractivity (Wildman–Crippen MR) is 81.5 cm³/mol. The fraction of sp³-hybridized carbons (Fsp3) is 0.158. The third-order valence-electron chi connectivity index (χ3n) is 4.35. The van der Waals surface area contributed by atoms with Crippen molar-refractivity contribution in [1.82, 2.24) is 0 Å². The maximum absolute atomic E-state index is 16.0. The van der Waals surface area contributed by atoms with Crippen LogP contribution >= 0.6 is 0 Å². The summed E-state index contributed by atoms with van der Waals surface area (Å²) in [6, 6.07) is 13.4. The van der Waals surface area contributed by atoms with Gasteiger partial charge in [-0.15, -0.1) is 0 Å². The minimum absolute atomic E-state index is 0.299. The van der Waals surface area contributed by atoms with Crippen LogP contribution in [0.25, 0.3) is 0 Å². The van der Waals surface area contributed by atoms with Gasteiger partial charge in [-0.1, -0.05) is 60.7 Å². The minimum atomic E-state index is -3.51. The SMILES string of the molecule is CC1=C(F)C(F)=C(F)C(F)(c2ccccc2)C1(F)c1ccccc1. The Morgan fingerprint density at radius 3 is 1.50 bits per heavy atom. The molecule has 0 spiro atoms. The zero-order chi connectivity index (χ0) is 17.5. The summed E-state index contributed by atoms with van der Waals surface area (Å²) >= 11 is 0. The highest BCUT2D eigenvalue weighted by Gasteiger charge is 2.64. The molecule has 0 saturated carbocycles. The summed E-state index contributed by atoms with van der Waals surface area (Å²) < 4.78 is 74.4. The van der Waals surface area contributed by atoms with Gasteiger partial charge in [-0.05, 0) is 12.5 Å². The third-order valence-corrected chi connectivity index (χ3v) is 4.35. The van der Waals surface area contributed by atoms with E-state index in [9.17, 15) is 13.2 Å². The summed E-state index contributed by atoms with van der Waals surface area (Å²) in [6.07, 6.45) is 0. The highest BCUT2D eigenvalue weighted by molar-refractivity contribution is 5.53. The second kappa shape index (κ2) is 5.58. The van der Waals surface area contributed by atoms with E-state index < -0.39 is 40.0 Å². The quantitative estimate of drug-likeness (QED) is 0.579. The number of halogens is 5. The van der Waals surface area contributed by atoms with Crippen LogP contribution in [0.2, 0.25) is 0 Å². The molecule has 0 N–H and O–H groups in total. The largest absolute Gasteiger partial charge is 0.231 e. The van der Waals surface area contributed by atoms with Gasteiger partial charge in [0.1, 0.15) is 0 Å². The van der Waals surface area contributed by atoms with Crippen molar-refractivity contribution in [3.63, 3.8) is 0 Å². The maximum atomic E-state index is 16.0. The lowest BCUT2D eigenvalue weighted by Gasteiger charge is -2.42. The molecule has 2 atom stereocenters. The van der Waals surface area contributed by atoms with Gasteiger partial charge in [-0.3, -0.25) is 0 Å². The Labute approximate surface area is 135 Å². The van der Waals surface area contributed by atoms with Gasteiger partial charge in [0, 0.05) is 11.1 Å². The molecule has 2 aromatic carbocycles. The fourth-order valence-corrected chi connectivity index (χ4v) is 3.05. The normalized spacial score (nSPS) is 27.6. The van der Waals surface area contributed by atoms with Gasteiger partial charge in [0.15, 0.2) is 17.5 Å². The lowest BCUT2D eigenvalue weighted by molar-refractivity contribution is -0.0201. The van der Waals surface area contributed by atoms with Crippen molar-refractivity contribution in [2.24, 2.45) is 0 Å². The first-order valence-electron chi connectivity index (χ1n) is 7.27. The molecule has 0 fully saturated rings. The van der Waals surface area contributed by atoms with Crippen LogP contribution in [0.15, 0.2) is 83.7 Å². The summed E-state index contributed by atoms with van der Waals surface area (Å²) in [4.78, 5) is 0. The molecule has 124 valence electrons. The molecule has 1 aliphatic carbocycles. The first-order chi connectivity index (χ1) is 11.3. The highest BCUT2D eigenvalue weighted by atomic mass is 19.2. The van der Waals surface area contributed by atoms with E-state index in [2.05, 4.69) is 0 Å². The van der Waals surface area contributed by atoms with Crippen LogP contribution in [0.3, 0.4) is 0 Å². The molecule has 0 saturated heterocycles. The molecule has 0 aromatic heterocycles. The standard InChI is InChI=1S/C19H13F5/c1-12-15(20)16(21)17(22)19(24,14-10-6-3-7-11-14)18(12,23)13-8-4-2-5-9-13/h2-11H,1H3. The Hall–Kier alpha value is -2.43. The van der Waals surface area contributed by atoms with E-state index in [0.29, 0.717) is 0 Å². The smallest absolute Gasteiger partial charge is 0.229 e. The molecule has 3 rings (SSSR count). The van der Waals surface area contributed by atoms with Gasteiger partial charge in [-0.25, -0.2) is 22.0 Å². The van der Waals surface area contributed by atoms with Crippen LogP contribution < -0.4 is 0 Å². The summed E-state index contributed by atoms with van der Waals surface area (Å²) in [5.41, 5.74) is -8.32. The minimum Gasteiger partial charge on any atom is -0.229 e. The molecule has 0 aliphatic heterocycles. The molecular formula is C19H13F5. The molecule has 0 heterocycles.